The third kappa shape index (κ3) is 2.98. The van der Waals surface area contributed by atoms with Crippen LogP contribution in [0.4, 0.5) is 5.13 Å². The van der Waals surface area contributed by atoms with E-state index in [1.165, 1.54) is 11.5 Å². The summed E-state index contributed by atoms with van der Waals surface area (Å²) in [4.78, 5) is 8.22. The van der Waals surface area contributed by atoms with Crippen LogP contribution < -0.4 is 5.32 Å². The van der Waals surface area contributed by atoms with Gasteiger partial charge in [-0.1, -0.05) is 6.92 Å². The number of nitriles is 1. The molecule has 2 aromatic heterocycles. The lowest BCUT2D eigenvalue weighted by Gasteiger charge is -2.01. The van der Waals surface area contributed by atoms with Crippen molar-refractivity contribution >= 4 is 16.7 Å². The van der Waals surface area contributed by atoms with Crippen molar-refractivity contribution in [3.63, 3.8) is 0 Å². The van der Waals surface area contributed by atoms with Gasteiger partial charge in [0.25, 0.3) is 0 Å². The Balaban J connectivity index is 1.99. The highest BCUT2D eigenvalue weighted by Gasteiger charge is 2.02. The predicted molar refractivity (Wildman–Crippen MR) is 65.6 cm³/mol. The van der Waals surface area contributed by atoms with Crippen LogP contribution in [0.5, 0.6) is 0 Å². The molecule has 0 radical (unpaired) electrons. The van der Waals surface area contributed by atoms with Crippen molar-refractivity contribution in [2.45, 2.75) is 19.9 Å². The average Bonchev–Trinajstić information content (AvgIpc) is 2.84. The summed E-state index contributed by atoms with van der Waals surface area (Å²) < 4.78 is 4.18. The summed E-state index contributed by atoms with van der Waals surface area (Å²) in [6, 6.07) is 5.64. The Labute approximate surface area is 103 Å². The number of nitrogens with zero attached hydrogens (tertiary/aromatic N) is 4. The van der Waals surface area contributed by atoms with E-state index >= 15 is 0 Å². The van der Waals surface area contributed by atoms with Crippen LogP contribution in [0.1, 0.15) is 24.0 Å². The number of nitrogens with one attached hydrogen (secondary N) is 1. The van der Waals surface area contributed by atoms with Gasteiger partial charge < -0.3 is 5.32 Å². The number of rotatable bonds is 4. The SMILES string of the molecule is CCc1nsc(NCc2ccnc(C#N)c2)n1. The standard InChI is InChI=1S/C11H11N5S/c1-2-10-15-11(17-16-10)14-7-8-3-4-13-9(5-8)6-12/h3-5H,2,7H2,1H3,(H,14,15,16). The molecule has 0 aromatic carbocycles. The molecule has 2 heterocycles. The fourth-order valence-corrected chi connectivity index (χ4v) is 1.94. The molecule has 1 N–H and O–H groups in total. The van der Waals surface area contributed by atoms with Gasteiger partial charge in [-0.3, -0.25) is 0 Å². The third-order valence-electron chi connectivity index (χ3n) is 2.17. The van der Waals surface area contributed by atoms with Crippen LogP contribution >= 0.6 is 11.5 Å². The normalized spacial score (nSPS) is 9.88. The van der Waals surface area contributed by atoms with Gasteiger partial charge in [0, 0.05) is 30.7 Å². The van der Waals surface area contributed by atoms with E-state index in [0.29, 0.717) is 12.2 Å². The number of pyridine rings is 1. The molecule has 6 heteroatoms. The molecule has 0 atom stereocenters. The summed E-state index contributed by atoms with van der Waals surface area (Å²) in [7, 11) is 0. The molecule has 17 heavy (non-hydrogen) atoms. The average molecular weight is 245 g/mol. The zero-order valence-electron chi connectivity index (χ0n) is 9.34. The first kappa shape index (κ1) is 11.5. The van der Waals surface area contributed by atoms with E-state index in [1.807, 2.05) is 19.1 Å². The van der Waals surface area contributed by atoms with Gasteiger partial charge in [-0.25, -0.2) is 9.97 Å². The van der Waals surface area contributed by atoms with E-state index < -0.39 is 0 Å². The van der Waals surface area contributed by atoms with Crippen LogP contribution in [0.15, 0.2) is 18.3 Å². The Morgan fingerprint density at radius 1 is 1.53 bits per heavy atom. The molecular formula is C11H11N5S. The fraction of sp³-hybridized carbons (Fsp3) is 0.273. The molecule has 0 aliphatic rings. The Bertz CT molecular complexity index is 543. The predicted octanol–water partition coefficient (Wildman–Crippen LogP) is 1.98. The summed E-state index contributed by atoms with van der Waals surface area (Å²) in [6.45, 7) is 2.64. The summed E-state index contributed by atoms with van der Waals surface area (Å²) >= 11 is 1.35. The summed E-state index contributed by atoms with van der Waals surface area (Å²) in [5.74, 6) is 0.852. The summed E-state index contributed by atoms with van der Waals surface area (Å²) in [5, 5.41) is 12.7. The van der Waals surface area contributed by atoms with Crippen molar-refractivity contribution in [2.75, 3.05) is 5.32 Å². The molecule has 5 nitrogen and oxygen atoms in total. The van der Waals surface area contributed by atoms with Crippen LogP contribution in [0.2, 0.25) is 0 Å². The van der Waals surface area contributed by atoms with Gasteiger partial charge in [-0.05, 0) is 17.7 Å². The molecule has 0 bridgehead atoms. The van der Waals surface area contributed by atoms with Crippen LogP contribution in [-0.4, -0.2) is 14.3 Å². The van der Waals surface area contributed by atoms with Gasteiger partial charge in [0.05, 0.1) is 0 Å². The molecule has 2 aromatic rings. The minimum absolute atomic E-state index is 0.427. The first-order valence-electron chi connectivity index (χ1n) is 5.23. The zero-order chi connectivity index (χ0) is 12.1. The lowest BCUT2D eigenvalue weighted by Crippen LogP contribution is -2.00. The molecule has 0 unspecified atom stereocenters. The number of aryl methyl sites for hydroxylation is 1. The summed E-state index contributed by atoms with van der Waals surface area (Å²) in [5.41, 5.74) is 1.43. The van der Waals surface area contributed by atoms with E-state index in [4.69, 9.17) is 5.26 Å². The van der Waals surface area contributed by atoms with Gasteiger partial charge in [0.2, 0.25) is 5.13 Å². The maximum Gasteiger partial charge on any atom is 0.202 e. The fourth-order valence-electron chi connectivity index (χ4n) is 1.29. The van der Waals surface area contributed by atoms with E-state index in [0.717, 1.165) is 22.9 Å². The highest BCUT2D eigenvalue weighted by molar-refractivity contribution is 7.09. The van der Waals surface area contributed by atoms with E-state index in [1.54, 1.807) is 12.3 Å². The van der Waals surface area contributed by atoms with Crippen molar-refractivity contribution in [1.29, 1.82) is 5.26 Å². The Kier molecular flexibility index (Phi) is 3.62. The van der Waals surface area contributed by atoms with Crippen LogP contribution in [-0.2, 0) is 13.0 Å². The van der Waals surface area contributed by atoms with Gasteiger partial charge in [-0.2, -0.15) is 9.64 Å². The molecule has 0 saturated carbocycles. The molecule has 0 saturated heterocycles. The van der Waals surface area contributed by atoms with Crippen molar-refractivity contribution < 1.29 is 0 Å². The smallest absolute Gasteiger partial charge is 0.202 e. The van der Waals surface area contributed by atoms with Crippen LogP contribution in [0.3, 0.4) is 0 Å². The Hall–Kier alpha value is -2.00. The highest BCUT2D eigenvalue weighted by Crippen LogP contribution is 2.12. The second-order valence-electron chi connectivity index (χ2n) is 3.38. The van der Waals surface area contributed by atoms with Gasteiger partial charge >= 0.3 is 0 Å². The van der Waals surface area contributed by atoms with Gasteiger partial charge in [0.15, 0.2) is 0 Å². The number of hydrogen-bond acceptors (Lipinski definition) is 6. The third-order valence-corrected chi connectivity index (χ3v) is 2.88. The minimum Gasteiger partial charge on any atom is -0.356 e. The van der Waals surface area contributed by atoms with Crippen molar-refractivity contribution in [2.24, 2.45) is 0 Å². The molecule has 0 amide bonds. The molecule has 0 aliphatic carbocycles. The lowest BCUT2D eigenvalue weighted by molar-refractivity contribution is 0.992. The van der Waals surface area contributed by atoms with Gasteiger partial charge in [0.1, 0.15) is 17.6 Å². The Morgan fingerprint density at radius 2 is 2.41 bits per heavy atom. The molecule has 0 aliphatic heterocycles. The first-order valence-corrected chi connectivity index (χ1v) is 6.00. The Morgan fingerprint density at radius 3 is 3.12 bits per heavy atom. The van der Waals surface area contributed by atoms with Gasteiger partial charge in [-0.15, -0.1) is 0 Å². The molecule has 0 spiro atoms. The highest BCUT2D eigenvalue weighted by atomic mass is 32.1. The quantitative estimate of drug-likeness (QED) is 0.891. The molecular weight excluding hydrogens is 234 g/mol. The number of anilines is 1. The first-order chi connectivity index (χ1) is 8.31. The number of aromatic nitrogens is 3. The zero-order valence-corrected chi connectivity index (χ0v) is 10.2. The van der Waals surface area contributed by atoms with E-state index in [2.05, 4.69) is 19.7 Å². The van der Waals surface area contributed by atoms with Crippen molar-refractivity contribution in [3.05, 3.63) is 35.4 Å². The second kappa shape index (κ2) is 5.37. The monoisotopic (exact) mass is 245 g/mol. The van der Waals surface area contributed by atoms with Crippen LogP contribution in [0, 0.1) is 11.3 Å². The van der Waals surface area contributed by atoms with E-state index in [-0.39, 0.29) is 0 Å². The van der Waals surface area contributed by atoms with Crippen LogP contribution in [0.25, 0.3) is 0 Å². The maximum atomic E-state index is 8.73. The molecule has 0 fully saturated rings. The molecule has 86 valence electrons. The van der Waals surface area contributed by atoms with Crippen molar-refractivity contribution in [1.82, 2.24) is 14.3 Å². The van der Waals surface area contributed by atoms with E-state index in [9.17, 15) is 0 Å². The van der Waals surface area contributed by atoms with Crippen molar-refractivity contribution in [3.8, 4) is 6.07 Å². The number of hydrogen-bond donors (Lipinski definition) is 1. The minimum atomic E-state index is 0.427. The summed E-state index contributed by atoms with van der Waals surface area (Å²) in [6.07, 6.45) is 2.47. The topological polar surface area (TPSA) is 74.5 Å². The largest absolute Gasteiger partial charge is 0.356 e. The lowest BCUT2D eigenvalue weighted by atomic mass is 10.2. The molecule has 2 rings (SSSR count). The maximum absolute atomic E-state index is 8.73. The second-order valence-corrected chi connectivity index (χ2v) is 4.14.